The maximum atomic E-state index is 12.0. The van der Waals surface area contributed by atoms with Crippen LogP contribution in [0.3, 0.4) is 0 Å². The second-order valence-electron chi connectivity index (χ2n) is 3.80. The van der Waals surface area contributed by atoms with E-state index in [1.54, 1.807) is 25.1 Å². The molecule has 0 aliphatic carbocycles. The number of nitrogens with two attached hydrogens (primary N) is 2. The average Bonchev–Trinajstić information content (AvgIpc) is 2.35. The highest BCUT2D eigenvalue weighted by Gasteiger charge is 2.10. The van der Waals surface area contributed by atoms with Crippen molar-refractivity contribution in [3.63, 3.8) is 0 Å². The average molecular weight is 243 g/mol. The fraction of sp³-hybridized carbons (Fsp3) is 0.0833. The molecule has 18 heavy (non-hydrogen) atoms. The molecule has 0 atom stereocenters. The van der Waals surface area contributed by atoms with E-state index in [4.69, 9.17) is 11.5 Å². The number of carbonyl (C=O) groups excluding carboxylic acids is 1. The van der Waals surface area contributed by atoms with Gasteiger partial charge in [0.1, 0.15) is 0 Å². The number of nitrogens with one attached hydrogen (secondary N) is 1. The van der Waals surface area contributed by atoms with Crippen molar-refractivity contribution in [3.05, 3.63) is 41.7 Å². The van der Waals surface area contributed by atoms with Crippen molar-refractivity contribution in [2.75, 3.05) is 16.8 Å². The maximum absolute atomic E-state index is 12.0. The molecular weight excluding hydrogens is 230 g/mol. The van der Waals surface area contributed by atoms with E-state index >= 15 is 0 Å². The van der Waals surface area contributed by atoms with E-state index in [-0.39, 0.29) is 11.9 Å². The van der Waals surface area contributed by atoms with Crippen molar-refractivity contribution in [1.82, 2.24) is 9.97 Å². The van der Waals surface area contributed by atoms with Crippen molar-refractivity contribution in [3.8, 4) is 0 Å². The van der Waals surface area contributed by atoms with E-state index in [0.29, 0.717) is 16.9 Å². The maximum Gasteiger partial charge on any atom is 0.256 e. The van der Waals surface area contributed by atoms with Gasteiger partial charge in [-0.15, -0.1) is 0 Å². The number of benzene rings is 1. The Morgan fingerprint density at radius 3 is 2.56 bits per heavy atom. The van der Waals surface area contributed by atoms with Crippen LogP contribution in [0, 0.1) is 6.92 Å². The lowest BCUT2D eigenvalue weighted by molar-refractivity contribution is 0.102. The molecule has 1 heterocycles. The lowest BCUT2D eigenvalue weighted by Crippen LogP contribution is -2.14. The summed E-state index contributed by atoms with van der Waals surface area (Å²) in [5.41, 5.74) is 13.4. The third kappa shape index (κ3) is 2.37. The number of hydrogen-bond acceptors (Lipinski definition) is 5. The number of nitrogen functional groups attached to an aromatic ring is 2. The van der Waals surface area contributed by atoms with Crippen molar-refractivity contribution >= 4 is 23.2 Å². The Morgan fingerprint density at radius 2 is 1.89 bits per heavy atom. The highest BCUT2D eigenvalue weighted by Crippen LogP contribution is 2.17. The molecule has 0 fully saturated rings. The van der Waals surface area contributed by atoms with Crippen LogP contribution in [0.5, 0.6) is 0 Å². The first-order valence-corrected chi connectivity index (χ1v) is 5.32. The SMILES string of the molecule is Cc1c(N)cccc1C(=O)Nc1cnc(N)nc1. The van der Waals surface area contributed by atoms with Crippen molar-refractivity contribution < 1.29 is 4.79 Å². The first kappa shape index (κ1) is 11.8. The quantitative estimate of drug-likeness (QED) is 0.687. The summed E-state index contributed by atoms with van der Waals surface area (Å²) in [6.07, 6.45) is 2.89. The summed E-state index contributed by atoms with van der Waals surface area (Å²) < 4.78 is 0. The van der Waals surface area contributed by atoms with Crippen LogP contribution in [-0.4, -0.2) is 15.9 Å². The van der Waals surface area contributed by atoms with Gasteiger partial charge in [-0.25, -0.2) is 9.97 Å². The molecule has 6 heteroatoms. The highest BCUT2D eigenvalue weighted by molar-refractivity contribution is 6.05. The molecule has 0 unspecified atom stereocenters. The van der Waals surface area contributed by atoms with E-state index < -0.39 is 0 Å². The third-order valence-electron chi connectivity index (χ3n) is 2.55. The Balaban J connectivity index is 2.22. The van der Waals surface area contributed by atoms with Crippen molar-refractivity contribution in [2.45, 2.75) is 6.92 Å². The van der Waals surface area contributed by atoms with Gasteiger partial charge in [0.2, 0.25) is 5.95 Å². The van der Waals surface area contributed by atoms with Gasteiger partial charge >= 0.3 is 0 Å². The number of nitrogens with zero attached hydrogens (tertiary/aromatic N) is 2. The summed E-state index contributed by atoms with van der Waals surface area (Å²) >= 11 is 0. The highest BCUT2D eigenvalue weighted by atomic mass is 16.1. The molecule has 1 aromatic heterocycles. The van der Waals surface area contributed by atoms with Gasteiger partial charge in [-0.2, -0.15) is 0 Å². The molecule has 2 rings (SSSR count). The molecule has 0 bridgehead atoms. The van der Waals surface area contributed by atoms with Gasteiger partial charge in [0, 0.05) is 11.3 Å². The van der Waals surface area contributed by atoms with E-state index in [2.05, 4.69) is 15.3 Å². The fourth-order valence-electron chi connectivity index (χ4n) is 1.50. The second kappa shape index (κ2) is 4.70. The van der Waals surface area contributed by atoms with Crippen LogP contribution in [0.2, 0.25) is 0 Å². The van der Waals surface area contributed by atoms with Gasteiger partial charge in [0.15, 0.2) is 0 Å². The van der Waals surface area contributed by atoms with E-state index in [1.807, 2.05) is 0 Å². The van der Waals surface area contributed by atoms with E-state index in [0.717, 1.165) is 5.56 Å². The normalized spacial score (nSPS) is 10.1. The Kier molecular flexibility index (Phi) is 3.09. The summed E-state index contributed by atoms with van der Waals surface area (Å²) in [5, 5.41) is 2.68. The summed E-state index contributed by atoms with van der Waals surface area (Å²) in [4.78, 5) is 19.6. The van der Waals surface area contributed by atoms with Gasteiger partial charge in [0.25, 0.3) is 5.91 Å². The van der Waals surface area contributed by atoms with Crippen LogP contribution < -0.4 is 16.8 Å². The van der Waals surface area contributed by atoms with Crippen molar-refractivity contribution in [1.29, 1.82) is 0 Å². The first-order valence-electron chi connectivity index (χ1n) is 5.32. The number of amides is 1. The van der Waals surface area contributed by atoms with E-state index in [1.165, 1.54) is 12.4 Å². The van der Waals surface area contributed by atoms with Crippen LogP contribution in [0.25, 0.3) is 0 Å². The van der Waals surface area contributed by atoms with Crippen LogP contribution in [0.4, 0.5) is 17.3 Å². The predicted octanol–water partition coefficient (Wildman–Crippen LogP) is 1.20. The summed E-state index contributed by atoms with van der Waals surface area (Å²) in [7, 11) is 0. The second-order valence-corrected chi connectivity index (χ2v) is 3.80. The molecule has 0 radical (unpaired) electrons. The number of hydrogen-bond donors (Lipinski definition) is 3. The van der Waals surface area contributed by atoms with Gasteiger partial charge in [-0.1, -0.05) is 6.07 Å². The topological polar surface area (TPSA) is 107 Å². The molecule has 0 spiro atoms. The summed E-state index contributed by atoms with van der Waals surface area (Å²) in [5.74, 6) is -0.0960. The molecule has 6 nitrogen and oxygen atoms in total. The number of anilines is 3. The summed E-state index contributed by atoms with van der Waals surface area (Å²) in [6, 6.07) is 5.19. The van der Waals surface area contributed by atoms with Gasteiger partial charge in [0.05, 0.1) is 18.1 Å². The molecule has 2 aromatic rings. The fourth-order valence-corrected chi connectivity index (χ4v) is 1.50. The molecule has 0 aliphatic rings. The molecule has 0 saturated carbocycles. The number of aromatic nitrogens is 2. The largest absolute Gasteiger partial charge is 0.398 e. The molecule has 0 saturated heterocycles. The van der Waals surface area contributed by atoms with Gasteiger partial charge < -0.3 is 16.8 Å². The van der Waals surface area contributed by atoms with Crippen LogP contribution in [0.1, 0.15) is 15.9 Å². The molecular formula is C12H13N5O. The first-order chi connectivity index (χ1) is 8.58. The standard InChI is InChI=1S/C12H13N5O/c1-7-9(3-2-4-10(7)13)11(18)17-8-5-15-12(14)16-6-8/h2-6H,13H2,1H3,(H,17,18)(H2,14,15,16). The van der Waals surface area contributed by atoms with Gasteiger partial charge in [-0.05, 0) is 24.6 Å². The van der Waals surface area contributed by atoms with E-state index in [9.17, 15) is 4.79 Å². The van der Waals surface area contributed by atoms with Crippen LogP contribution >= 0.6 is 0 Å². The Hall–Kier alpha value is -2.63. The Bertz CT molecular complexity index is 580. The van der Waals surface area contributed by atoms with Gasteiger partial charge in [-0.3, -0.25) is 4.79 Å². The zero-order valence-corrected chi connectivity index (χ0v) is 9.84. The number of carbonyl (C=O) groups is 1. The Morgan fingerprint density at radius 1 is 1.22 bits per heavy atom. The monoisotopic (exact) mass is 243 g/mol. The zero-order chi connectivity index (χ0) is 13.1. The molecule has 5 N–H and O–H groups in total. The third-order valence-corrected chi connectivity index (χ3v) is 2.55. The minimum absolute atomic E-state index is 0.160. The lowest BCUT2D eigenvalue weighted by Gasteiger charge is -2.08. The zero-order valence-electron chi connectivity index (χ0n) is 9.84. The Labute approximate surface area is 104 Å². The predicted molar refractivity (Wildman–Crippen MR) is 70.0 cm³/mol. The minimum Gasteiger partial charge on any atom is -0.398 e. The molecule has 92 valence electrons. The lowest BCUT2D eigenvalue weighted by atomic mass is 10.1. The van der Waals surface area contributed by atoms with Crippen molar-refractivity contribution in [2.24, 2.45) is 0 Å². The van der Waals surface area contributed by atoms with Crippen LogP contribution in [0.15, 0.2) is 30.6 Å². The molecule has 1 aromatic carbocycles. The molecule has 0 aliphatic heterocycles. The summed E-state index contributed by atoms with van der Waals surface area (Å²) in [6.45, 7) is 1.80. The smallest absolute Gasteiger partial charge is 0.256 e. The number of rotatable bonds is 2. The van der Waals surface area contributed by atoms with Crippen LogP contribution in [-0.2, 0) is 0 Å². The molecule has 1 amide bonds. The minimum atomic E-state index is -0.256.